The number of carboxylic acids is 1. The highest BCUT2D eigenvalue weighted by molar-refractivity contribution is 6.30. The van der Waals surface area contributed by atoms with E-state index in [0.29, 0.717) is 42.2 Å². The number of nitrogens with zero attached hydrogens (tertiary/aromatic N) is 3. The van der Waals surface area contributed by atoms with Crippen LogP contribution in [0.3, 0.4) is 0 Å². The molecule has 2 aromatic rings. The second kappa shape index (κ2) is 11.2. The summed E-state index contributed by atoms with van der Waals surface area (Å²) in [6, 6.07) is 12.1. The predicted molar refractivity (Wildman–Crippen MR) is 133 cm³/mol. The van der Waals surface area contributed by atoms with Gasteiger partial charge in [-0.2, -0.15) is 13.2 Å². The predicted octanol–water partition coefficient (Wildman–Crippen LogP) is 3.94. The lowest BCUT2D eigenvalue weighted by Gasteiger charge is -2.40. The minimum Gasteiger partial charge on any atom is -0.478 e. The van der Waals surface area contributed by atoms with Crippen LogP contribution in [0.2, 0.25) is 5.02 Å². The Balaban J connectivity index is 1.48. The fraction of sp³-hybridized carbons (Fsp3) is 0.423. The van der Waals surface area contributed by atoms with Gasteiger partial charge in [-0.05, 0) is 56.3 Å². The molecule has 2 aromatic carbocycles. The van der Waals surface area contributed by atoms with E-state index < -0.39 is 30.3 Å². The van der Waals surface area contributed by atoms with Gasteiger partial charge in [-0.1, -0.05) is 23.7 Å². The first-order chi connectivity index (χ1) is 18.0. The van der Waals surface area contributed by atoms with E-state index in [1.807, 2.05) is 4.90 Å². The van der Waals surface area contributed by atoms with E-state index in [-0.39, 0.29) is 30.6 Å². The van der Waals surface area contributed by atoms with Gasteiger partial charge in [0.2, 0.25) is 0 Å². The number of hydrogen-bond acceptors (Lipinski definition) is 6. The molecule has 4 rings (SSSR count). The summed E-state index contributed by atoms with van der Waals surface area (Å²) in [5, 5.41) is 10.1. The monoisotopic (exact) mass is 553 g/mol. The van der Waals surface area contributed by atoms with Crippen molar-refractivity contribution in [1.29, 1.82) is 0 Å². The van der Waals surface area contributed by atoms with E-state index in [2.05, 4.69) is 0 Å². The van der Waals surface area contributed by atoms with E-state index >= 15 is 0 Å². The Kier molecular flexibility index (Phi) is 8.17. The van der Waals surface area contributed by atoms with Gasteiger partial charge in [0.1, 0.15) is 6.10 Å². The van der Waals surface area contributed by atoms with Crippen LogP contribution in [0.4, 0.5) is 18.9 Å². The molecule has 2 aliphatic rings. The number of likely N-dealkylation sites (N-methyl/N-ethyl adjacent to an activating group) is 1. The maximum absolute atomic E-state index is 13.0. The molecule has 12 heteroatoms. The van der Waals surface area contributed by atoms with Crippen molar-refractivity contribution in [3.05, 3.63) is 64.7 Å². The molecule has 2 aliphatic heterocycles. The second-order valence-electron chi connectivity index (χ2n) is 9.43. The van der Waals surface area contributed by atoms with Crippen LogP contribution in [-0.2, 0) is 9.53 Å². The molecule has 2 atom stereocenters. The van der Waals surface area contributed by atoms with Crippen LogP contribution in [0.15, 0.2) is 48.5 Å². The molecule has 0 spiro atoms. The van der Waals surface area contributed by atoms with E-state index in [4.69, 9.17) is 16.3 Å². The summed E-state index contributed by atoms with van der Waals surface area (Å²) in [7, 11) is 1.76. The SMILES string of the molecule is CN(C1CCN(C(=O)c2ccc(Cl)cc2)CC1)[C@H]1CN(c2ccccc2C(=O)O)C[C@@H]1OC(=O)C(F)(F)F. The number of amides is 1. The minimum atomic E-state index is -5.15. The average molecular weight is 554 g/mol. The second-order valence-corrected chi connectivity index (χ2v) is 9.87. The lowest BCUT2D eigenvalue weighted by Crippen LogP contribution is -2.52. The third kappa shape index (κ3) is 6.05. The molecular formula is C26H27ClF3N3O5. The van der Waals surface area contributed by atoms with Crippen LogP contribution < -0.4 is 4.90 Å². The van der Waals surface area contributed by atoms with Crippen LogP contribution in [-0.4, -0.2) is 90.3 Å². The number of halogens is 4. The number of piperidine rings is 1. The first kappa shape index (κ1) is 27.7. The Morgan fingerprint density at radius 3 is 2.26 bits per heavy atom. The summed E-state index contributed by atoms with van der Waals surface area (Å²) in [6.07, 6.45) is -5.15. The Morgan fingerprint density at radius 2 is 1.66 bits per heavy atom. The van der Waals surface area contributed by atoms with Gasteiger partial charge in [0.05, 0.1) is 23.8 Å². The molecule has 0 bridgehead atoms. The third-order valence-corrected chi connectivity index (χ3v) is 7.40. The molecule has 0 radical (unpaired) electrons. The fourth-order valence-electron chi connectivity index (χ4n) is 5.12. The topological polar surface area (TPSA) is 90.4 Å². The number of alkyl halides is 3. The summed E-state index contributed by atoms with van der Waals surface area (Å²) in [4.78, 5) is 41.6. The number of carbonyl (C=O) groups is 3. The first-order valence-electron chi connectivity index (χ1n) is 12.1. The molecule has 8 nitrogen and oxygen atoms in total. The number of rotatable bonds is 6. The number of aromatic carboxylic acids is 1. The normalized spacial score (nSPS) is 20.6. The molecule has 0 unspecified atom stereocenters. The smallest absolute Gasteiger partial charge is 0.478 e. The summed E-state index contributed by atoms with van der Waals surface area (Å²) in [5.74, 6) is -3.58. The number of likely N-dealkylation sites (tertiary alicyclic amines) is 1. The molecule has 0 aromatic heterocycles. The van der Waals surface area contributed by atoms with Crippen LogP contribution in [0.1, 0.15) is 33.6 Å². The molecule has 0 aliphatic carbocycles. The highest BCUT2D eigenvalue weighted by atomic mass is 35.5. The molecule has 2 saturated heterocycles. The Bertz CT molecular complexity index is 1190. The van der Waals surface area contributed by atoms with Gasteiger partial charge in [-0.25, -0.2) is 9.59 Å². The van der Waals surface area contributed by atoms with Crippen LogP contribution in [0, 0.1) is 0 Å². The summed E-state index contributed by atoms with van der Waals surface area (Å²) < 4.78 is 44.0. The zero-order valence-corrected chi connectivity index (χ0v) is 21.3. The van der Waals surface area contributed by atoms with Crippen molar-refractivity contribution in [1.82, 2.24) is 9.80 Å². The highest BCUT2D eigenvalue weighted by Gasteiger charge is 2.47. The minimum absolute atomic E-state index is 0.00530. The number of anilines is 1. The number of esters is 1. The van der Waals surface area contributed by atoms with Crippen molar-refractivity contribution in [2.45, 2.75) is 37.2 Å². The average Bonchev–Trinajstić information content (AvgIpc) is 3.31. The van der Waals surface area contributed by atoms with Crippen LogP contribution in [0.5, 0.6) is 0 Å². The molecule has 2 fully saturated rings. The van der Waals surface area contributed by atoms with Crippen molar-refractivity contribution < 1.29 is 37.4 Å². The van der Waals surface area contributed by atoms with E-state index in [1.165, 1.54) is 6.07 Å². The number of carbonyl (C=O) groups excluding carboxylic acids is 2. The van der Waals surface area contributed by atoms with Gasteiger partial charge in [0.15, 0.2) is 0 Å². The maximum atomic E-state index is 13.0. The number of hydrogen-bond donors (Lipinski definition) is 1. The number of ether oxygens (including phenoxy) is 1. The number of carboxylic acid groups (broad SMARTS) is 1. The van der Waals surface area contributed by atoms with Crippen LogP contribution >= 0.6 is 11.6 Å². The first-order valence-corrected chi connectivity index (χ1v) is 12.5. The summed E-state index contributed by atoms with van der Waals surface area (Å²) in [6.45, 7) is 0.971. The van der Waals surface area contributed by atoms with Crippen LogP contribution in [0.25, 0.3) is 0 Å². The van der Waals surface area contributed by atoms with Gasteiger partial charge in [-0.3, -0.25) is 9.69 Å². The van der Waals surface area contributed by atoms with Crippen molar-refractivity contribution >= 4 is 35.1 Å². The number of para-hydroxylation sites is 1. The highest BCUT2D eigenvalue weighted by Crippen LogP contribution is 2.31. The third-order valence-electron chi connectivity index (χ3n) is 7.14. The summed E-state index contributed by atoms with van der Waals surface area (Å²) >= 11 is 5.90. The lowest BCUT2D eigenvalue weighted by atomic mass is 10.00. The molecular weight excluding hydrogens is 527 g/mol. The fourth-order valence-corrected chi connectivity index (χ4v) is 5.24. The van der Waals surface area contributed by atoms with Gasteiger partial charge in [-0.15, -0.1) is 0 Å². The molecule has 38 heavy (non-hydrogen) atoms. The zero-order valence-electron chi connectivity index (χ0n) is 20.5. The largest absolute Gasteiger partial charge is 0.490 e. The van der Waals surface area contributed by atoms with Crippen molar-refractivity contribution in [3.63, 3.8) is 0 Å². The van der Waals surface area contributed by atoms with Crippen molar-refractivity contribution in [2.24, 2.45) is 0 Å². The van der Waals surface area contributed by atoms with E-state index in [0.717, 1.165) is 0 Å². The van der Waals surface area contributed by atoms with E-state index in [9.17, 15) is 32.7 Å². The van der Waals surface area contributed by atoms with Crippen molar-refractivity contribution in [3.8, 4) is 0 Å². The molecule has 0 saturated carbocycles. The van der Waals surface area contributed by atoms with Gasteiger partial charge < -0.3 is 19.6 Å². The van der Waals surface area contributed by atoms with E-state index in [1.54, 1.807) is 59.3 Å². The molecule has 204 valence electrons. The standard InChI is InChI=1S/C26H27ClF3N3O5/c1-31(18-10-12-32(13-11-18)23(34)16-6-8-17(27)9-7-16)21-14-33(15-22(21)38-25(37)26(28,29)30)20-5-3-2-4-19(20)24(35)36/h2-9,18,21-22H,10-15H2,1H3,(H,35,36)/t21-,22-/m0/s1. The summed E-state index contributed by atoms with van der Waals surface area (Å²) in [5.41, 5.74) is 0.863. The quantitative estimate of drug-likeness (QED) is 0.542. The van der Waals surface area contributed by atoms with Gasteiger partial charge >= 0.3 is 18.1 Å². The molecule has 1 N–H and O–H groups in total. The number of benzene rings is 2. The Labute approximate surface area is 222 Å². The maximum Gasteiger partial charge on any atom is 0.490 e. The van der Waals surface area contributed by atoms with Crippen molar-refractivity contribution in [2.75, 3.05) is 38.1 Å². The molecule has 1 amide bonds. The Morgan fingerprint density at radius 1 is 1.03 bits per heavy atom. The Hall–Kier alpha value is -3.31. The van der Waals surface area contributed by atoms with Gasteiger partial charge in [0.25, 0.3) is 5.91 Å². The van der Waals surface area contributed by atoms with Gasteiger partial charge in [0, 0.05) is 36.3 Å². The zero-order chi connectivity index (χ0) is 27.6. The lowest BCUT2D eigenvalue weighted by molar-refractivity contribution is -0.206. The molecule has 2 heterocycles.